The van der Waals surface area contributed by atoms with Crippen LogP contribution in [0.2, 0.25) is 0 Å². The van der Waals surface area contributed by atoms with E-state index in [1.165, 1.54) is 5.56 Å². The van der Waals surface area contributed by atoms with Crippen LogP contribution < -0.4 is 5.32 Å². The van der Waals surface area contributed by atoms with Crippen LogP contribution in [0, 0.1) is 27.7 Å². The first kappa shape index (κ1) is 18.6. The molecular weight excluding hydrogens is 328 g/mol. The fourth-order valence-electron chi connectivity index (χ4n) is 3.59. The van der Waals surface area contributed by atoms with Gasteiger partial charge in [0.25, 0.3) is 0 Å². The molecule has 140 valence electrons. The molecule has 1 aromatic carbocycles. The highest BCUT2D eigenvalue weighted by atomic mass is 16.5. The highest BCUT2D eigenvalue weighted by Gasteiger charge is 2.20. The number of carbonyl (C=O) groups excluding carboxylic acids is 1. The molecule has 0 saturated carbocycles. The van der Waals surface area contributed by atoms with E-state index in [2.05, 4.69) is 39.3 Å². The first-order valence-corrected chi connectivity index (χ1v) is 9.15. The van der Waals surface area contributed by atoms with Gasteiger partial charge in [0.15, 0.2) is 0 Å². The van der Waals surface area contributed by atoms with Crippen molar-refractivity contribution >= 4 is 11.6 Å². The zero-order valence-electron chi connectivity index (χ0n) is 16.1. The Morgan fingerprint density at radius 3 is 2.23 bits per heavy atom. The molecule has 1 saturated heterocycles. The third-order valence-corrected chi connectivity index (χ3v) is 4.84. The SMILES string of the molecule is Cc1cc(C)c(NC(=O)CN2CCN(Cc3cc(C)on3)CC2)c(C)c1. The van der Waals surface area contributed by atoms with Gasteiger partial charge < -0.3 is 9.84 Å². The summed E-state index contributed by atoms with van der Waals surface area (Å²) in [5.74, 6) is 0.901. The lowest BCUT2D eigenvalue weighted by Crippen LogP contribution is -2.48. The van der Waals surface area contributed by atoms with Crippen molar-refractivity contribution in [2.24, 2.45) is 0 Å². The van der Waals surface area contributed by atoms with Gasteiger partial charge in [0.2, 0.25) is 5.91 Å². The molecule has 1 aliphatic heterocycles. The molecule has 0 unspecified atom stereocenters. The third kappa shape index (κ3) is 4.71. The maximum atomic E-state index is 12.5. The summed E-state index contributed by atoms with van der Waals surface area (Å²) in [6.07, 6.45) is 0. The minimum absolute atomic E-state index is 0.0561. The highest BCUT2D eigenvalue weighted by Crippen LogP contribution is 2.22. The predicted molar refractivity (Wildman–Crippen MR) is 102 cm³/mol. The van der Waals surface area contributed by atoms with Gasteiger partial charge in [-0.15, -0.1) is 0 Å². The monoisotopic (exact) mass is 356 g/mol. The van der Waals surface area contributed by atoms with E-state index in [9.17, 15) is 4.79 Å². The van der Waals surface area contributed by atoms with Crippen LogP contribution >= 0.6 is 0 Å². The van der Waals surface area contributed by atoms with E-state index in [1.54, 1.807) is 0 Å². The fourth-order valence-corrected chi connectivity index (χ4v) is 3.59. The summed E-state index contributed by atoms with van der Waals surface area (Å²) in [4.78, 5) is 17.0. The van der Waals surface area contributed by atoms with Crippen LogP contribution in [0.25, 0.3) is 0 Å². The molecule has 0 aliphatic carbocycles. The Morgan fingerprint density at radius 2 is 1.65 bits per heavy atom. The van der Waals surface area contributed by atoms with Gasteiger partial charge in [-0.05, 0) is 38.8 Å². The maximum absolute atomic E-state index is 12.5. The van der Waals surface area contributed by atoms with Gasteiger partial charge in [0.05, 0.1) is 12.2 Å². The number of amides is 1. The molecule has 6 heteroatoms. The average molecular weight is 356 g/mol. The van der Waals surface area contributed by atoms with Gasteiger partial charge in [-0.3, -0.25) is 14.6 Å². The number of hydrogen-bond donors (Lipinski definition) is 1. The van der Waals surface area contributed by atoms with E-state index in [0.717, 1.165) is 61.0 Å². The van der Waals surface area contributed by atoms with Crippen LogP contribution in [0.15, 0.2) is 22.7 Å². The standard InChI is InChI=1S/C20H28N4O2/c1-14-9-15(2)20(16(3)10-14)21-19(25)13-24-7-5-23(6-8-24)12-18-11-17(4)26-22-18/h9-11H,5-8,12-13H2,1-4H3,(H,21,25). The van der Waals surface area contributed by atoms with Crippen LogP contribution in [0.5, 0.6) is 0 Å². The van der Waals surface area contributed by atoms with Crippen molar-refractivity contribution in [1.29, 1.82) is 0 Å². The summed E-state index contributed by atoms with van der Waals surface area (Å²) < 4.78 is 5.12. The third-order valence-electron chi connectivity index (χ3n) is 4.84. The number of carbonyl (C=O) groups is 1. The molecule has 0 radical (unpaired) electrons. The molecule has 3 rings (SSSR count). The Labute approximate surface area is 155 Å². The summed E-state index contributed by atoms with van der Waals surface area (Å²) in [6, 6.07) is 6.19. The Kier molecular flexibility index (Phi) is 5.74. The summed E-state index contributed by atoms with van der Waals surface area (Å²) in [6.45, 7) is 12.9. The molecule has 1 fully saturated rings. The number of rotatable bonds is 5. The van der Waals surface area contributed by atoms with E-state index in [0.29, 0.717) is 6.54 Å². The van der Waals surface area contributed by atoms with E-state index in [-0.39, 0.29) is 5.91 Å². The second-order valence-corrected chi connectivity index (χ2v) is 7.30. The number of aryl methyl sites for hydroxylation is 4. The van der Waals surface area contributed by atoms with Crippen molar-refractivity contribution in [3.05, 3.63) is 46.3 Å². The summed E-state index contributed by atoms with van der Waals surface area (Å²) in [7, 11) is 0. The molecule has 2 aromatic rings. The quantitative estimate of drug-likeness (QED) is 0.892. The highest BCUT2D eigenvalue weighted by molar-refractivity contribution is 5.93. The van der Waals surface area contributed by atoms with Gasteiger partial charge in [-0.1, -0.05) is 22.9 Å². The van der Waals surface area contributed by atoms with Crippen LogP contribution in [0.3, 0.4) is 0 Å². The molecule has 1 N–H and O–H groups in total. The Bertz CT molecular complexity index is 753. The number of aromatic nitrogens is 1. The average Bonchev–Trinajstić information content (AvgIpc) is 2.98. The molecule has 1 aliphatic rings. The normalized spacial score (nSPS) is 16.0. The fraction of sp³-hybridized carbons (Fsp3) is 0.500. The zero-order chi connectivity index (χ0) is 18.7. The minimum Gasteiger partial charge on any atom is -0.361 e. The van der Waals surface area contributed by atoms with Gasteiger partial charge in [-0.25, -0.2) is 0 Å². The molecule has 1 aromatic heterocycles. The second kappa shape index (κ2) is 8.01. The van der Waals surface area contributed by atoms with Crippen molar-refractivity contribution in [3.63, 3.8) is 0 Å². The molecule has 6 nitrogen and oxygen atoms in total. The number of anilines is 1. The van der Waals surface area contributed by atoms with Crippen molar-refractivity contribution in [3.8, 4) is 0 Å². The second-order valence-electron chi connectivity index (χ2n) is 7.30. The minimum atomic E-state index is 0.0561. The van der Waals surface area contributed by atoms with Crippen LogP contribution in [0.1, 0.15) is 28.1 Å². The Balaban J connectivity index is 1.48. The van der Waals surface area contributed by atoms with E-state index < -0.39 is 0 Å². The summed E-state index contributed by atoms with van der Waals surface area (Å²) in [5, 5.41) is 7.14. The lowest BCUT2D eigenvalue weighted by molar-refractivity contribution is -0.117. The number of hydrogen-bond acceptors (Lipinski definition) is 5. The zero-order valence-corrected chi connectivity index (χ0v) is 16.1. The number of benzene rings is 1. The van der Waals surface area contributed by atoms with Gasteiger partial charge >= 0.3 is 0 Å². The van der Waals surface area contributed by atoms with Crippen molar-refractivity contribution in [1.82, 2.24) is 15.0 Å². The lowest BCUT2D eigenvalue weighted by Gasteiger charge is -2.33. The topological polar surface area (TPSA) is 61.6 Å². The van der Waals surface area contributed by atoms with Gasteiger partial charge in [-0.2, -0.15) is 0 Å². The van der Waals surface area contributed by atoms with Crippen molar-refractivity contribution in [2.75, 3.05) is 38.0 Å². The van der Waals surface area contributed by atoms with Crippen LogP contribution in [-0.4, -0.2) is 53.6 Å². The molecule has 0 bridgehead atoms. The van der Waals surface area contributed by atoms with E-state index in [1.807, 2.05) is 26.8 Å². The summed E-state index contributed by atoms with van der Waals surface area (Å²) in [5.41, 5.74) is 5.36. The maximum Gasteiger partial charge on any atom is 0.238 e. The van der Waals surface area contributed by atoms with Crippen LogP contribution in [0.4, 0.5) is 5.69 Å². The van der Waals surface area contributed by atoms with E-state index in [4.69, 9.17) is 4.52 Å². The first-order valence-electron chi connectivity index (χ1n) is 9.15. The first-order chi connectivity index (χ1) is 12.4. The van der Waals surface area contributed by atoms with Crippen LogP contribution in [-0.2, 0) is 11.3 Å². The Morgan fingerprint density at radius 1 is 1.04 bits per heavy atom. The molecule has 26 heavy (non-hydrogen) atoms. The molecule has 2 heterocycles. The van der Waals surface area contributed by atoms with Gasteiger partial charge in [0.1, 0.15) is 5.76 Å². The molecule has 0 spiro atoms. The molecule has 1 amide bonds. The predicted octanol–water partition coefficient (Wildman–Crippen LogP) is 2.66. The Hall–Kier alpha value is -2.18. The van der Waals surface area contributed by atoms with Gasteiger partial charge in [0, 0.05) is 44.5 Å². The largest absolute Gasteiger partial charge is 0.361 e. The molecular formula is C20H28N4O2. The lowest BCUT2D eigenvalue weighted by atomic mass is 10.1. The van der Waals surface area contributed by atoms with Crippen molar-refractivity contribution < 1.29 is 9.32 Å². The van der Waals surface area contributed by atoms with Crippen molar-refractivity contribution in [2.45, 2.75) is 34.2 Å². The van der Waals surface area contributed by atoms with E-state index >= 15 is 0 Å². The number of nitrogens with zero attached hydrogens (tertiary/aromatic N) is 3. The number of nitrogens with one attached hydrogen (secondary N) is 1. The number of piperazine rings is 1. The molecule has 0 atom stereocenters. The summed E-state index contributed by atoms with van der Waals surface area (Å²) >= 11 is 0. The smallest absolute Gasteiger partial charge is 0.238 e.